The number of piperidine rings is 1. The monoisotopic (exact) mass is 762 g/mol. The van der Waals surface area contributed by atoms with Crippen LogP contribution in [0.15, 0.2) is 0 Å². The fourth-order valence-electron chi connectivity index (χ4n) is 6.65. The van der Waals surface area contributed by atoms with Crippen LogP contribution >= 0.6 is 0 Å². The zero-order chi connectivity index (χ0) is 38.8. The minimum absolute atomic E-state index is 0.00599. The van der Waals surface area contributed by atoms with Gasteiger partial charge in [0.15, 0.2) is 12.6 Å². The lowest BCUT2D eigenvalue weighted by Gasteiger charge is -2.39. The molecule has 20 heteroatoms. The first-order chi connectivity index (χ1) is 25.2. The molecule has 4 aliphatic rings. The smallest absolute Gasteiger partial charge is 0.333 e. The van der Waals surface area contributed by atoms with Crippen LogP contribution in [0.25, 0.3) is 0 Å². The van der Waals surface area contributed by atoms with E-state index < -0.39 is 103 Å². The van der Waals surface area contributed by atoms with Gasteiger partial charge in [-0.1, -0.05) is 6.42 Å². The van der Waals surface area contributed by atoms with Gasteiger partial charge < -0.3 is 70.0 Å². The molecule has 53 heavy (non-hydrogen) atoms. The number of nitrogens with one attached hydrogen (secondary N) is 2. The molecule has 4 rings (SSSR count). The number of hydroxylamine groups is 2. The molecule has 0 bridgehead atoms. The van der Waals surface area contributed by atoms with Crippen molar-refractivity contribution < 1.29 is 78.4 Å². The van der Waals surface area contributed by atoms with Crippen molar-refractivity contribution in [2.45, 2.75) is 120 Å². The highest BCUT2D eigenvalue weighted by molar-refractivity contribution is 6.01. The quantitative estimate of drug-likeness (QED) is 0.0518. The molecule has 0 aromatic heterocycles. The minimum Gasteiger partial charge on any atom is -0.388 e. The van der Waals surface area contributed by atoms with Gasteiger partial charge in [-0.2, -0.15) is 0 Å². The highest BCUT2D eigenvalue weighted by Crippen LogP contribution is 2.26. The Bertz CT molecular complexity index is 1250. The van der Waals surface area contributed by atoms with Gasteiger partial charge >= 0.3 is 5.97 Å². The molecule has 0 unspecified atom stereocenters. The Balaban J connectivity index is 1.24. The summed E-state index contributed by atoms with van der Waals surface area (Å²) in [5.41, 5.74) is 0. The van der Waals surface area contributed by atoms with Crippen molar-refractivity contribution in [2.24, 2.45) is 11.8 Å². The van der Waals surface area contributed by atoms with Gasteiger partial charge in [-0.15, -0.1) is 5.06 Å². The number of hydrogen-bond acceptors (Lipinski definition) is 17. The van der Waals surface area contributed by atoms with Crippen molar-refractivity contribution >= 4 is 29.6 Å². The molecule has 4 saturated heterocycles. The topological polar surface area (TPSA) is 283 Å². The third kappa shape index (κ3) is 11.6. The number of amides is 4. The van der Waals surface area contributed by atoms with Crippen molar-refractivity contribution in [2.75, 3.05) is 45.9 Å². The third-order valence-corrected chi connectivity index (χ3v) is 9.91. The SMILES string of the molecule is C[C@@H]1O[C@@H](OCCNC(=O)[C@H]2CN(CCCCCC(=O)ON3C(=O)CCC3=O)CC[C@H]2C(=O)NCCO[C@@H]2O[C@@H](C)[C@@H](O)[C@H](O)[C@H]2O)[C@H](O)[C@@H](O)[C@@H]1O. The van der Waals surface area contributed by atoms with Crippen LogP contribution in [-0.4, -0.2) is 178 Å². The number of hydrogen-bond donors (Lipinski definition) is 8. The molecule has 20 nitrogen and oxygen atoms in total. The van der Waals surface area contributed by atoms with Gasteiger partial charge in [0, 0.05) is 38.9 Å². The molecule has 0 aromatic carbocycles. The van der Waals surface area contributed by atoms with E-state index in [1.165, 1.54) is 13.8 Å². The molecule has 0 saturated carbocycles. The Labute approximate surface area is 306 Å². The van der Waals surface area contributed by atoms with Crippen molar-refractivity contribution in [3.8, 4) is 0 Å². The van der Waals surface area contributed by atoms with Crippen LogP contribution in [0, 0.1) is 11.8 Å². The van der Waals surface area contributed by atoms with Crippen LogP contribution in [-0.2, 0) is 47.8 Å². The summed E-state index contributed by atoms with van der Waals surface area (Å²) >= 11 is 0. The van der Waals surface area contributed by atoms with Gasteiger partial charge in [-0.25, -0.2) is 4.79 Å². The lowest BCUT2D eigenvalue weighted by Crippen LogP contribution is -2.57. The fraction of sp³-hybridized carbons (Fsp3) is 0.848. The normalized spacial score (nSPS) is 35.3. The minimum atomic E-state index is -1.50. The van der Waals surface area contributed by atoms with Crippen molar-refractivity contribution in [1.29, 1.82) is 0 Å². The van der Waals surface area contributed by atoms with Crippen LogP contribution in [0.5, 0.6) is 0 Å². The molecule has 0 radical (unpaired) electrons. The predicted octanol–water partition coefficient (Wildman–Crippen LogP) is -3.99. The Morgan fingerprint density at radius 3 is 1.75 bits per heavy atom. The number of imide groups is 1. The van der Waals surface area contributed by atoms with Crippen molar-refractivity contribution in [3.63, 3.8) is 0 Å². The lowest BCUT2D eigenvalue weighted by atomic mass is 9.83. The van der Waals surface area contributed by atoms with Crippen LogP contribution in [0.1, 0.15) is 58.8 Å². The molecule has 4 fully saturated rings. The molecule has 302 valence electrons. The second kappa shape index (κ2) is 20.1. The zero-order valence-corrected chi connectivity index (χ0v) is 30.0. The summed E-state index contributed by atoms with van der Waals surface area (Å²) in [5, 5.41) is 66.1. The van der Waals surface area contributed by atoms with E-state index >= 15 is 0 Å². The lowest BCUT2D eigenvalue weighted by molar-refractivity contribution is -0.292. The molecular weight excluding hydrogens is 708 g/mol. The van der Waals surface area contributed by atoms with Gasteiger partial charge in [0.05, 0.1) is 37.3 Å². The molecule has 4 amide bonds. The van der Waals surface area contributed by atoms with E-state index in [-0.39, 0.29) is 52.1 Å². The molecule has 4 aliphatic heterocycles. The number of nitrogens with zero attached hydrogens (tertiary/aromatic N) is 2. The number of unbranched alkanes of at least 4 members (excludes halogenated alkanes) is 2. The largest absolute Gasteiger partial charge is 0.388 e. The second-order valence-corrected chi connectivity index (χ2v) is 13.8. The average Bonchev–Trinajstić information content (AvgIpc) is 3.45. The standard InChI is InChI=1S/C33H54N4O16/c1-17-24(41)26(43)28(45)32(51-17)49-14-10-34-30(47)19-9-13-36(12-5-3-4-6-23(40)53-37-21(38)7-8-22(37)39)16-20(19)31(48)35-11-15-50-33-29(46)27(44)25(42)18(2)52-33/h17-20,24-29,32-33,41-46H,3-16H2,1-2H3,(H,34,47)(H,35,48)/t17-,18-,19+,20-,24+,25+,26-,27-,28+,29+,32+,33+/m0/s1. The first kappa shape index (κ1) is 42.8. The first-order valence-corrected chi connectivity index (χ1v) is 18.2. The van der Waals surface area contributed by atoms with E-state index in [4.69, 9.17) is 23.8 Å². The number of aliphatic hydroxyl groups is 6. The molecule has 12 atom stereocenters. The van der Waals surface area contributed by atoms with E-state index in [9.17, 15) is 54.6 Å². The van der Waals surface area contributed by atoms with E-state index in [2.05, 4.69) is 10.6 Å². The molecule has 4 heterocycles. The van der Waals surface area contributed by atoms with E-state index in [1.54, 1.807) is 0 Å². The van der Waals surface area contributed by atoms with Gasteiger partial charge in [-0.3, -0.25) is 19.2 Å². The van der Waals surface area contributed by atoms with Gasteiger partial charge in [0.1, 0.15) is 36.6 Å². The van der Waals surface area contributed by atoms with E-state index in [0.717, 1.165) is 0 Å². The van der Waals surface area contributed by atoms with E-state index in [1.807, 2.05) is 4.90 Å². The number of likely N-dealkylation sites (tertiary alicyclic amines) is 1. The maximum atomic E-state index is 13.5. The summed E-state index contributed by atoms with van der Waals surface area (Å²) in [6.45, 7) is 4.16. The fourth-order valence-corrected chi connectivity index (χ4v) is 6.65. The van der Waals surface area contributed by atoms with Crippen LogP contribution < -0.4 is 10.6 Å². The average molecular weight is 763 g/mol. The van der Waals surface area contributed by atoms with Crippen LogP contribution in [0.4, 0.5) is 0 Å². The number of aliphatic hydroxyl groups excluding tert-OH is 6. The van der Waals surface area contributed by atoms with Crippen LogP contribution in [0.3, 0.4) is 0 Å². The molecule has 0 aromatic rings. The summed E-state index contributed by atoms with van der Waals surface area (Å²) in [6.07, 6.45) is -10.4. The van der Waals surface area contributed by atoms with Crippen LogP contribution in [0.2, 0.25) is 0 Å². The number of carbonyl (C=O) groups is 5. The highest BCUT2D eigenvalue weighted by Gasteiger charge is 2.44. The maximum Gasteiger partial charge on any atom is 0.333 e. The number of carbonyl (C=O) groups excluding carboxylic acids is 5. The zero-order valence-electron chi connectivity index (χ0n) is 30.0. The Morgan fingerprint density at radius 1 is 0.717 bits per heavy atom. The Morgan fingerprint density at radius 2 is 1.23 bits per heavy atom. The Kier molecular flexibility index (Phi) is 16.3. The highest BCUT2D eigenvalue weighted by atomic mass is 16.7. The van der Waals surface area contributed by atoms with Gasteiger partial charge in [0.2, 0.25) is 11.8 Å². The molecule has 0 spiro atoms. The second-order valence-electron chi connectivity index (χ2n) is 13.8. The third-order valence-electron chi connectivity index (χ3n) is 9.91. The molecule has 8 N–H and O–H groups in total. The summed E-state index contributed by atoms with van der Waals surface area (Å²) in [4.78, 5) is 69.2. The summed E-state index contributed by atoms with van der Waals surface area (Å²) in [6, 6.07) is 0. The maximum absolute atomic E-state index is 13.5. The summed E-state index contributed by atoms with van der Waals surface area (Å²) < 4.78 is 21.8. The first-order valence-electron chi connectivity index (χ1n) is 18.2. The van der Waals surface area contributed by atoms with Crippen molar-refractivity contribution in [1.82, 2.24) is 20.6 Å². The van der Waals surface area contributed by atoms with Gasteiger partial charge in [-0.05, 0) is 46.2 Å². The molecular formula is C33H54N4O16. The number of ether oxygens (including phenoxy) is 4. The summed E-state index contributed by atoms with van der Waals surface area (Å²) in [5.74, 6) is -4.06. The summed E-state index contributed by atoms with van der Waals surface area (Å²) in [7, 11) is 0. The Hall–Kier alpha value is -2.89. The predicted molar refractivity (Wildman–Crippen MR) is 176 cm³/mol. The van der Waals surface area contributed by atoms with E-state index in [0.29, 0.717) is 43.8 Å². The van der Waals surface area contributed by atoms with Gasteiger partial charge in [0.25, 0.3) is 11.8 Å². The van der Waals surface area contributed by atoms with Crippen molar-refractivity contribution in [3.05, 3.63) is 0 Å². The number of rotatable bonds is 17. The molecule has 0 aliphatic carbocycles.